The van der Waals surface area contributed by atoms with E-state index in [0.717, 1.165) is 5.56 Å². The molecule has 2 heterocycles. The minimum atomic E-state index is -0.0822. The summed E-state index contributed by atoms with van der Waals surface area (Å²) in [5, 5.41) is 0. The third kappa shape index (κ3) is 2.80. The molecule has 106 valence electrons. The number of rotatable bonds is 3. The highest BCUT2D eigenvalue weighted by molar-refractivity contribution is 8.26. The molecule has 0 radical (unpaired) electrons. The van der Waals surface area contributed by atoms with Crippen LogP contribution in [-0.2, 0) is 4.79 Å². The Hall–Kier alpha value is -1.85. The van der Waals surface area contributed by atoms with Crippen molar-refractivity contribution >= 4 is 40.3 Å². The summed E-state index contributed by atoms with van der Waals surface area (Å²) in [6, 6.07) is 13.4. The summed E-state index contributed by atoms with van der Waals surface area (Å²) in [6.45, 7) is 1.98. The normalized spacial score (nSPS) is 18.5. The summed E-state index contributed by atoms with van der Waals surface area (Å²) in [6.07, 6.45) is 3.32. The van der Waals surface area contributed by atoms with E-state index in [2.05, 4.69) is 0 Å². The van der Waals surface area contributed by atoms with E-state index < -0.39 is 0 Å². The second kappa shape index (κ2) is 5.87. The molecule has 21 heavy (non-hydrogen) atoms. The van der Waals surface area contributed by atoms with Crippen molar-refractivity contribution in [1.29, 1.82) is 0 Å². The summed E-state index contributed by atoms with van der Waals surface area (Å²) >= 11 is 6.68. The number of nitrogens with zero attached hydrogens (tertiary/aromatic N) is 1. The number of thioether (sulfide) groups is 1. The Balaban J connectivity index is 1.88. The molecule has 1 aliphatic heterocycles. The number of hydrogen-bond acceptors (Lipinski definition) is 4. The molecule has 1 aromatic carbocycles. The van der Waals surface area contributed by atoms with Crippen molar-refractivity contribution in [2.75, 3.05) is 0 Å². The molecule has 0 saturated carbocycles. The van der Waals surface area contributed by atoms with Gasteiger partial charge < -0.3 is 4.42 Å². The van der Waals surface area contributed by atoms with Gasteiger partial charge in [0.1, 0.15) is 10.1 Å². The smallest absolute Gasteiger partial charge is 0.266 e. The van der Waals surface area contributed by atoms with Crippen LogP contribution in [0.1, 0.15) is 24.3 Å². The molecular weight excluding hydrogens is 302 g/mol. The van der Waals surface area contributed by atoms with Crippen molar-refractivity contribution in [2.24, 2.45) is 0 Å². The van der Waals surface area contributed by atoms with E-state index in [4.69, 9.17) is 16.6 Å². The Kier molecular flexibility index (Phi) is 3.94. The van der Waals surface area contributed by atoms with E-state index in [1.165, 1.54) is 11.8 Å². The third-order valence-corrected chi connectivity index (χ3v) is 4.64. The minimum Gasteiger partial charge on any atom is -0.465 e. The lowest BCUT2D eigenvalue weighted by molar-refractivity contribution is -0.123. The molecule has 1 aromatic heterocycles. The maximum atomic E-state index is 12.6. The van der Waals surface area contributed by atoms with Gasteiger partial charge in [-0.1, -0.05) is 54.3 Å². The zero-order chi connectivity index (χ0) is 14.8. The van der Waals surface area contributed by atoms with Gasteiger partial charge in [0.2, 0.25) is 0 Å². The number of carbonyl (C=O) groups excluding carboxylic acids is 1. The fraction of sp³-hybridized carbons (Fsp3) is 0.125. The summed E-state index contributed by atoms with van der Waals surface area (Å²) in [5.74, 6) is 0.584. The topological polar surface area (TPSA) is 33.5 Å². The zero-order valence-electron chi connectivity index (χ0n) is 11.4. The number of hydrogen-bond donors (Lipinski definition) is 0. The van der Waals surface area contributed by atoms with E-state index in [0.29, 0.717) is 15.0 Å². The Morgan fingerprint density at radius 3 is 2.67 bits per heavy atom. The first kappa shape index (κ1) is 14.1. The summed E-state index contributed by atoms with van der Waals surface area (Å²) in [4.78, 5) is 14.8. The highest BCUT2D eigenvalue weighted by Gasteiger charge is 2.36. The van der Waals surface area contributed by atoms with Crippen molar-refractivity contribution in [3.63, 3.8) is 0 Å². The maximum Gasteiger partial charge on any atom is 0.266 e. The van der Waals surface area contributed by atoms with Crippen molar-refractivity contribution in [3.05, 3.63) is 65.0 Å². The average Bonchev–Trinajstić information content (AvgIpc) is 3.09. The van der Waals surface area contributed by atoms with Gasteiger partial charge in [0.05, 0.1) is 17.2 Å². The zero-order valence-corrected chi connectivity index (χ0v) is 13.0. The number of benzene rings is 1. The fourth-order valence-electron chi connectivity index (χ4n) is 2.20. The van der Waals surface area contributed by atoms with Crippen LogP contribution >= 0.6 is 24.0 Å². The Labute approximate surface area is 132 Å². The van der Waals surface area contributed by atoms with Crippen LogP contribution in [0, 0.1) is 0 Å². The quantitative estimate of drug-likeness (QED) is 0.626. The molecule has 2 aromatic rings. The Bertz CT molecular complexity index is 692. The molecule has 1 amide bonds. The minimum absolute atomic E-state index is 0.0715. The molecule has 1 atom stereocenters. The van der Waals surface area contributed by atoms with Gasteiger partial charge in [-0.15, -0.1) is 0 Å². The fourth-order valence-corrected chi connectivity index (χ4v) is 3.60. The van der Waals surface area contributed by atoms with Crippen LogP contribution in [0.4, 0.5) is 0 Å². The van der Waals surface area contributed by atoms with E-state index in [9.17, 15) is 4.79 Å². The van der Waals surface area contributed by atoms with Gasteiger partial charge in [-0.2, -0.15) is 0 Å². The Morgan fingerprint density at radius 1 is 1.24 bits per heavy atom. The van der Waals surface area contributed by atoms with Crippen molar-refractivity contribution < 1.29 is 9.21 Å². The molecule has 0 aliphatic carbocycles. The van der Waals surface area contributed by atoms with E-state index >= 15 is 0 Å². The molecule has 0 bridgehead atoms. The van der Waals surface area contributed by atoms with Crippen LogP contribution in [0.15, 0.2) is 58.1 Å². The van der Waals surface area contributed by atoms with Crippen molar-refractivity contribution in [2.45, 2.75) is 13.0 Å². The highest BCUT2D eigenvalue weighted by atomic mass is 32.2. The number of carbonyl (C=O) groups is 1. The lowest BCUT2D eigenvalue weighted by atomic mass is 10.1. The second-order valence-corrected chi connectivity index (χ2v) is 6.33. The van der Waals surface area contributed by atoms with Gasteiger partial charge in [-0.3, -0.25) is 9.69 Å². The molecule has 3 rings (SSSR count). The largest absolute Gasteiger partial charge is 0.465 e. The van der Waals surface area contributed by atoms with Crippen LogP contribution in [0.3, 0.4) is 0 Å². The van der Waals surface area contributed by atoms with Gasteiger partial charge in [-0.05, 0) is 24.6 Å². The van der Waals surface area contributed by atoms with E-state index in [1.54, 1.807) is 23.3 Å². The van der Waals surface area contributed by atoms with E-state index in [1.807, 2.05) is 43.3 Å². The number of thiocarbonyl (C=S) groups is 1. The standard InChI is InChI=1S/C16H13NO2S2/c1-11(12-6-3-2-4-7-12)17-15(18)14(21-16(17)20)10-13-8-5-9-19-13/h2-11H,1H3/b14-10-. The van der Waals surface area contributed by atoms with Crippen molar-refractivity contribution in [3.8, 4) is 0 Å². The first-order valence-corrected chi connectivity index (χ1v) is 7.75. The molecule has 5 heteroatoms. The van der Waals surface area contributed by atoms with E-state index in [-0.39, 0.29) is 11.9 Å². The molecule has 1 fully saturated rings. The van der Waals surface area contributed by atoms with Crippen molar-refractivity contribution in [1.82, 2.24) is 4.90 Å². The maximum absolute atomic E-state index is 12.6. The third-order valence-electron chi connectivity index (χ3n) is 3.31. The van der Waals surface area contributed by atoms with Gasteiger partial charge in [-0.25, -0.2) is 0 Å². The number of amides is 1. The van der Waals surface area contributed by atoms with Gasteiger partial charge in [0.25, 0.3) is 5.91 Å². The molecule has 1 unspecified atom stereocenters. The predicted octanol–water partition coefficient (Wildman–Crippen LogP) is 4.24. The highest BCUT2D eigenvalue weighted by Crippen LogP contribution is 2.37. The summed E-state index contributed by atoms with van der Waals surface area (Å²) in [5.41, 5.74) is 1.06. The molecular formula is C16H13NO2S2. The second-order valence-electron chi connectivity index (χ2n) is 4.65. The van der Waals surface area contributed by atoms with Crippen LogP contribution < -0.4 is 0 Å². The van der Waals surface area contributed by atoms with Crippen LogP contribution in [0.2, 0.25) is 0 Å². The predicted molar refractivity (Wildman–Crippen MR) is 88.6 cm³/mol. The van der Waals surface area contributed by atoms with Gasteiger partial charge in [0.15, 0.2) is 0 Å². The SMILES string of the molecule is CC(c1ccccc1)N1C(=O)/C(=C/c2ccco2)SC1=S. The summed E-state index contributed by atoms with van der Waals surface area (Å²) < 4.78 is 5.83. The first-order chi connectivity index (χ1) is 10.2. The number of furan rings is 1. The lowest BCUT2D eigenvalue weighted by Gasteiger charge is -2.23. The lowest BCUT2D eigenvalue weighted by Crippen LogP contribution is -2.30. The monoisotopic (exact) mass is 315 g/mol. The molecule has 0 spiro atoms. The Morgan fingerprint density at radius 2 is 2.00 bits per heavy atom. The van der Waals surface area contributed by atoms with Gasteiger partial charge in [0, 0.05) is 6.08 Å². The molecule has 1 aliphatic rings. The molecule has 1 saturated heterocycles. The average molecular weight is 315 g/mol. The molecule has 3 nitrogen and oxygen atoms in total. The van der Waals surface area contributed by atoms with Crippen LogP contribution in [-0.4, -0.2) is 15.1 Å². The molecule has 0 N–H and O–H groups in total. The summed E-state index contributed by atoms with van der Waals surface area (Å²) in [7, 11) is 0. The van der Waals surface area contributed by atoms with Gasteiger partial charge >= 0.3 is 0 Å². The van der Waals surface area contributed by atoms with Crippen LogP contribution in [0.5, 0.6) is 0 Å². The van der Waals surface area contributed by atoms with Crippen LogP contribution in [0.25, 0.3) is 6.08 Å². The first-order valence-electron chi connectivity index (χ1n) is 6.52.